The number of ether oxygens (including phenoxy) is 1. The quantitative estimate of drug-likeness (QED) is 0.925. The second-order valence-corrected chi connectivity index (χ2v) is 4.62. The molecule has 0 bridgehead atoms. The van der Waals surface area contributed by atoms with Crippen molar-refractivity contribution in [1.29, 1.82) is 0 Å². The van der Waals surface area contributed by atoms with E-state index < -0.39 is 0 Å². The van der Waals surface area contributed by atoms with Gasteiger partial charge in [-0.15, -0.1) is 0 Å². The topological polar surface area (TPSA) is 38.3 Å². The van der Waals surface area contributed by atoms with E-state index in [-0.39, 0.29) is 12.5 Å². The van der Waals surface area contributed by atoms with Crippen molar-refractivity contribution in [2.24, 2.45) is 0 Å². The minimum atomic E-state index is -0.262. The highest BCUT2D eigenvalue weighted by molar-refractivity contribution is 6.32. The van der Waals surface area contributed by atoms with E-state index in [1.807, 2.05) is 0 Å². The molecule has 0 saturated heterocycles. The van der Waals surface area contributed by atoms with Crippen LogP contribution >= 0.6 is 23.2 Å². The summed E-state index contributed by atoms with van der Waals surface area (Å²) in [5, 5.41) is 3.78. The molecule has 5 heteroatoms. The van der Waals surface area contributed by atoms with Crippen LogP contribution in [0.15, 0.2) is 48.5 Å². The molecule has 0 unspecified atom stereocenters. The molecule has 0 aliphatic carbocycles. The maximum absolute atomic E-state index is 11.7. The number of nitrogens with one attached hydrogen (secondary N) is 1. The van der Waals surface area contributed by atoms with Crippen molar-refractivity contribution in [1.82, 2.24) is 0 Å². The largest absolute Gasteiger partial charge is 0.482 e. The summed E-state index contributed by atoms with van der Waals surface area (Å²) >= 11 is 11.7. The Morgan fingerprint density at radius 2 is 1.74 bits per heavy atom. The smallest absolute Gasteiger partial charge is 0.262 e. The minimum absolute atomic E-state index is 0.105. The molecule has 0 aromatic heterocycles. The van der Waals surface area contributed by atoms with Crippen LogP contribution in [0.4, 0.5) is 5.69 Å². The van der Waals surface area contributed by atoms with Gasteiger partial charge in [0.05, 0.1) is 5.02 Å². The van der Waals surface area contributed by atoms with Gasteiger partial charge in [0.15, 0.2) is 6.61 Å². The van der Waals surface area contributed by atoms with E-state index in [0.29, 0.717) is 21.5 Å². The first-order valence-corrected chi connectivity index (χ1v) is 6.33. The lowest BCUT2D eigenvalue weighted by Crippen LogP contribution is -2.20. The highest BCUT2D eigenvalue weighted by Crippen LogP contribution is 2.23. The highest BCUT2D eigenvalue weighted by atomic mass is 35.5. The van der Waals surface area contributed by atoms with Gasteiger partial charge in [-0.05, 0) is 36.4 Å². The van der Waals surface area contributed by atoms with Gasteiger partial charge in [-0.1, -0.05) is 35.3 Å². The Bertz CT molecular complexity index is 570. The van der Waals surface area contributed by atoms with E-state index in [2.05, 4.69) is 5.32 Å². The molecule has 19 heavy (non-hydrogen) atoms. The van der Waals surface area contributed by atoms with Crippen LogP contribution in [0.5, 0.6) is 5.75 Å². The van der Waals surface area contributed by atoms with Crippen molar-refractivity contribution in [3.05, 3.63) is 58.6 Å². The third-order valence-electron chi connectivity index (χ3n) is 2.32. The van der Waals surface area contributed by atoms with Crippen molar-refractivity contribution in [2.75, 3.05) is 11.9 Å². The number of anilines is 1. The summed E-state index contributed by atoms with van der Waals surface area (Å²) < 4.78 is 5.32. The molecule has 3 nitrogen and oxygen atoms in total. The van der Waals surface area contributed by atoms with Crippen molar-refractivity contribution in [2.45, 2.75) is 0 Å². The summed E-state index contributed by atoms with van der Waals surface area (Å²) in [7, 11) is 0. The maximum atomic E-state index is 11.7. The lowest BCUT2D eigenvalue weighted by Gasteiger charge is -2.08. The Morgan fingerprint density at radius 3 is 2.42 bits per heavy atom. The summed E-state index contributed by atoms with van der Waals surface area (Å²) in [4.78, 5) is 11.7. The first kappa shape index (κ1) is 13.7. The van der Waals surface area contributed by atoms with E-state index in [9.17, 15) is 4.79 Å². The van der Waals surface area contributed by atoms with Crippen LogP contribution < -0.4 is 10.1 Å². The molecule has 0 spiro atoms. The van der Waals surface area contributed by atoms with E-state index >= 15 is 0 Å². The zero-order chi connectivity index (χ0) is 13.7. The maximum Gasteiger partial charge on any atom is 0.262 e. The van der Waals surface area contributed by atoms with Gasteiger partial charge in [0, 0.05) is 10.7 Å². The second kappa shape index (κ2) is 6.45. The standard InChI is InChI=1S/C14H11Cl2NO2/c15-10-5-7-11(8-6-10)17-14(18)9-19-13-4-2-1-3-12(13)16/h1-8H,9H2,(H,17,18). The fourth-order valence-electron chi connectivity index (χ4n) is 1.44. The molecular formula is C14H11Cl2NO2. The molecule has 0 fully saturated rings. The predicted octanol–water partition coefficient (Wildman–Crippen LogP) is 4.01. The Balaban J connectivity index is 1.88. The molecule has 2 rings (SSSR count). The predicted molar refractivity (Wildman–Crippen MR) is 77.0 cm³/mol. The van der Waals surface area contributed by atoms with E-state index in [4.69, 9.17) is 27.9 Å². The Hall–Kier alpha value is -1.71. The first-order valence-electron chi connectivity index (χ1n) is 5.58. The van der Waals surface area contributed by atoms with Gasteiger partial charge in [0.2, 0.25) is 0 Å². The Labute approximate surface area is 121 Å². The normalized spacial score (nSPS) is 10.0. The summed E-state index contributed by atoms with van der Waals surface area (Å²) in [6, 6.07) is 13.8. The van der Waals surface area contributed by atoms with Gasteiger partial charge in [-0.2, -0.15) is 0 Å². The van der Waals surface area contributed by atoms with Gasteiger partial charge in [0.1, 0.15) is 5.75 Å². The summed E-state index contributed by atoms with van der Waals surface area (Å²) in [6.45, 7) is -0.105. The first-order chi connectivity index (χ1) is 9.15. The van der Waals surface area contributed by atoms with Crippen LogP contribution in [0, 0.1) is 0 Å². The number of para-hydroxylation sites is 1. The van der Waals surface area contributed by atoms with E-state index in [1.54, 1.807) is 48.5 Å². The molecule has 0 heterocycles. The molecule has 1 N–H and O–H groups in total. The number of benzene rings is 2. The molecular weight excluding hydrogens is 285 g/mol. The lowest BCUT2D eigenvalue weighted by molar-refractivity contribution is -0.118. The van der Waals surface area contributed by atoms with Crippen LogP contribution in [0.2, 0.25) is 10.0 Å². The molecule has 0 saturated carbocycles. The van der Waals surface area contributed by atoms with Crippen LogP contribution in [0.1, 0.15) is 0 Å². The monoisotopic (exact) mass is 295 g/mol. The van der Waals surface area contributed by atoms with Crippen LogP contribution in [0.3, 0.4) is 0 Å². The molecule has 0 aliphatic heterocycles. The highest BCUT2D eigenvalue weighted by Gasteiger charge is 2.05. The van der Waals surface area contributed by atoms with Crippen LogP contribution in [-0.2, 0) is 4.79 Å². The number of hydrogen-bond acceptors (Lipinski definition) is 2. The number of carbonyl (C=O) groups excluding carboxylic acids is 1. The number of carbonyl (C=O) groups is 1. The van der Waals surface area contributed by atoms with Crippen molar-refractivity contribution < 1.29 is 9.53 Å². The lowest BCUT2D eigenvalue weighted by atomic mass is 10.3. The molecule has 2 aromatic rings. The SMILES string of the molecule is O=C(COc1ccccc1Cl)Nc1ccc(Cl)cc1. The number of hydrogen-bond donors (Lipinski definition) is 1. The van der Waals surface area contributed by atoms with Gasteiger partial charge in [-0.3, -0.25) is 4.79 Å². The fourth-order valence-corrected chi connectivity index (χ4v) is 1.75. The summed E-state index contributed by atoms with van der Waals surface area (Å²) in [5.41, 5.74) is 0.664. The van der Waals surface area contributed by atoms with E-state index in [0.717, 1.165) is 0 Å². The molecule has 0 radical (unpaired) electrons. The average Bonchev–Trinajstić information content (AvgIpc) is 2.40. The Kier molecular flexibility index (Phi) is 4.66. The number of rotatable bonds is 4. The van der Waals surface area contributed by atoms with Crippen LogP contribution in [-0.4, -0.2) is 12.5 Å². The third kappa shape index (κ3) is 4.16. The van der Waals surface area contributed by atoms with Crippen molar-refractivity contribution in [3.63, 3.8) is 0 Å². The van der Waals surface area contributed by atoms with Gasteiger partial charge in [-0.25, -0.2) is 0 Å². The van der Waals surface area contributed by atoms with Gasteiger partial charge in [0.25, 0.3) is 5.91 Å². The third-order valence-corrected chi connectivity index (χ3v) is 2.89. The van der Waals surface area contributed by atoms with Gasteiger partial charge >= 0.3 is 0 Å². The number of halogens is 2. The zero-order valence-electron chi connectivity index (χ0n) is 9.90. The fraction of sp³-hybridized carbons (Fsp3) is 0.0714. The summed E-state index contributed by atoms with van der Waals surface area (Å²) in [6.07, 6.45) is 0. The van der Waals surface area contributed by atoms with E-state index in [1.165, 1.54) is 0 Å². The molecule has 0 aliphatic rings. The zero-order valence-corrected chi connectivity index (χ0v) is 11.4. The molecule has 98 valence electrons. The molecule has 0 atom stereocenters. The average molecular weight is 296 g/mol. The second-order valence-electron chi connectivity index (χ2n) is 3.77. The molecule has 2 aromatic carbocycles. The van der Waals surface area contributed by atoms with Crippen molar-refractivity contribution in [3.8, 4) is 5.75 Å². The van der Waals surface area contributed by atoms with Crippen LogP contribution in [0.25, 0.3) is 0 Å². The minimum Gasteiger partial charge on any atom is -0.482 e. The number of amides is 1. The van der Waals surface area contributed by atoms with Gasteiger partial charge < -0.3 is 10.1 Å². The Morgan fingerprint density at radius 1 is 1.05 bits per heavy atom. The molecule has 1 amide bonds. The summed E-state index contributed by atoms with van der Waals surface area (Å²) in [5.74, 6) is 0.220. The van der Waals surface area contributed by atoms with Crippen molar-refractivity contribution >= 4 is 34.8 Å².